The molecule has 0 aliphatic carbocycles. The summed E-state index contributed by atoms with van der Waals surface area (Å²) in [4.78, 5) is 1.14. The SMILES string of the molecule is Cc1ccc(C(O)c2cc(Br)sc2C)c(Br)c1. The van der Waals surface area contributed by atoms with Crippen LogP contribution in [0.1, 0.15) is 27.7 Å². The van der Waals surface area contributed by atoms with Crippen molar-refractivity contribution in [3.8, 4) is 0 Å². The number of halogens is 2. The van der Waals surface area contributed by atoms with Gasteiger partial charge in [0.1, 0.15) is 6.10 Å². The maximum absolute atomic E-state index is 10.4. The highest BCUT2D eigenvalue weighted by Gasteiger charge is 2.17. The Balaban J connectivity index is 2.43. The molecule has 0 aliphatic heterocycles. The van der Waals surface area contributed by atoms with Gasteiger partial charge in [-0.2, -0.15) is 0 Å². The lowest BCUT2D eigenvalue weighted by atomic mass is 10.0. The third-order valence-electron chi connectivity index (χ3n) is 2.67. The van der Waals surface area contributed by atoms with Crippen molar-refractivity contribution in [3.63, 3.8) is 0 Å². The normalized spacial score (nSPS) is 12.8. The predicted octanol–water partition coefficient (Wildman–Crippen LogP) is 4.97. The third-order valence-corrected chi connectivity index (χ3v) is 4.93. The van der Waals surface area contributed by atoms with E-state index in [2.05, 4.69) is 31.9 Å². The Labute approximate surface area is 122 Å². The molecule has 0 spiro atoms. The highest BCUT2D eigenvalue weighted by atomic mass is 79.9. The topological polar surface area (TPSA) is 20.2 Å². The van der Waals surface area contributed by atoms with Gasteiger partial charge in [0, 0.05) is 9.35 Å². The minimum atomic E-state index is -0.576. The first-order valence-electron chi connectivity index (χ1n) is 5.19. The summed E-state index contributed by atoms with van der Waals surface area (Å²) in [5.41, 5.74) is 3.05. The number of hydrogen-bond donors (Lipinski definition) is 1. The number of rotatable bonds is 2. The Morgan fingerprint density at radius 3 is 2.35 bits per heavy atom. The van der Waals surface area contributed by atoms with Crippen LogP contribution in [0.25, 0.3) is 0 Å². The zero-order valence-corrected chi connectivity index (χ0v) is 13.5. The molecule has 90 valence electrons. The average Bonchev–Trinajstić information content (AvgIpc) is 2.57. The molecule has 0 radical (unpaired) electrons. The van der Waals surface area contributed by atoms with Gasteiger partial charge >= 0.3 is 0 Å². The molecular formula is C13H12Br2OS. The molecule has 1 aromatic carbocycles. The molecule has 2 aromatic rings. The number of aryl methyl sites for hydroxylation is 2. The minimum Gasteiger partial charge on any atom is -0.384 e. The van der Waals surface area contributed by atoms with E-state index in [4.69, 9.17) is 0 Å². The fourth-order valence-corrected chi connectivity index (χ4v) is 4.20. The summed E-state index contributed by atoms with van der Waals surface area (Å²) in [6, 6.07) is 7.99. The summed E-state index contributed by atoms with van der Waals surface area (Å²) in [5, 5.41) is 10.4. The Bertz CT molecular complexity index is 548. The van der Waals surface area contributed by atoms with Crippen LogP contribution in [-0.4, -0.2) is 5.11 Å². The van der Waals surface area contributed by atoms with E-state index in [1.807, 2.05) is 38.1 Å². The molecule has 1 nitrogen and oxygen atoms in total. The second-order valence-electron chi connectivity index (χ2n) is 3.99. The van der Waals surface area contributed by atoms with Gasteiger partial charge in [0.05, 0.1) is 3.79 Å². The zero-order valence-electron chi connectivity index (χ0n) is 9.50. The average molecular weight is 376 g/mol. The molecule has 1 unspecified atom stereocenters. The van der Waals surface area contributed by atoms with Gasteiger partial charge in [0.2, 0.25) is 0 Å². The van der Waals surface area contributed by atoms with E-state index in [1.54, 1.807) is 11.3 Å². The van der Waals surface area contributed by atoms with Gasteiger partial charge in [-0.1, -0.05) is 28.1 Å². The molecule has 0 bridgehead atoms. The van der Waals surface area contributed by atoms with Crippen molar-refractivity contribution in [2.45, 2.75) is 20.0 Å². The Hall–Kier alpha value is -0.160. The van der Waals surface area contributed by atoms with Crippen LogP contribution in [0.2, 0.25) is 0 Å². The zero-order chi connectivity index (χ0) is 12.6. The van der Waals surface area contributed by atoms with E-state index in [0.29, 0.717) is 0 Å². The Morgan fingerprint density at radius 1 is 1.12 bits per heavy atom. The van der Waals surface area contributed by atoms with Crippen LogP contribution in [0.4, 0.5) is 0 Å². The van der Waals surface area contributed by atoms with Gasteiger partial charge in [0.15, 0.2) is 0 Å². The summed E-state index contributed by atoms with van der Waals surface area (Å²) in [6.07, 6.45) is -0.576. The standard InChI is InChI=1S/C13H12Br2OS/c1-7-3-4-9(11(14)5-7)13(16)10-6-12(15)17-8(10)2/h3-6,13,16H,1-2H3. The minimum absolute atomic E-state index is 0.576. The molecule has 1 N–H and O–H groups in total. The van der Waals surface area contributed by atoms with E-state index in [-0.39, 0.29) is 0 Å². The van der Waals surface area contributed by atoms with Crippen LogP contribution in [0.3, 0.4) is 0 Å². The number of aliphatic hydroxyl groups is 1. The lowest BCUT2D eigenvalue weighted by Gasteiger charge is -2.13. The molecule has 0 fully saturated rings. The maximum Gasteiger partial charge on any atom is 0.106 e. The van der Waals surface area contributed by atoms with Crippen LogP contribution < -0.4 is 0 Å². The van der Waals surface area contributed by atoms with Crippen molar-refractivity contribution in [2.75, 3.05) is 0 Å². The van der Waals surface area contributed by atoms with Crippen LogP contribution in [-0.2, 0) is 0 Å². The Kier molecular flexibility index (Phi) is 4.08. The molecule has 17 heavy (non-hydrogen) atoms. The van der Waals surface area contributed by atoms with Crippen molar-refractivity contribution in [3.05, 3.63) is 54.1 Å². The van der Waals surface area contributed by atoms with E-state index in [9.17, 15) is 5.11 Å². The highest BCUT2D eigenvalue weighted by molar-refractivity contribution is 9.11. The van der Waals surface area contributed by atoms with E-state index in [0.717, 1.165) is 24.3 Å². The summed E-state index contributed by atoms with van der Waals surface area (Å²) in [6.45, 7) is 4.06. The van der Waals surface area contributed by atoms with Gasteiger partial charge in [-0.3, -0.25) is 0 Å². The van der Waals surface area contributed by atoms with Crippen LogP contribution in [0.15, 0.2) is 32.5 Å². The van der Waals surface area contributed by atoms with E-state index >= 15 is 0 Å². The monoisotopic (exact) mass is 374 g/mol. The largest absolute Gasteiger partial charge is 0.384 e. The second kappa shape index (κ2) is 5.22. The molecule has 0 aliphatic rings. The molecule has 0 saturated carbocycles. The maximum atomic E-state index is 10.4. The Morgan fingerprint density at radius 2 is 1.82 bits per heavy atom. The molecule has 0 saturated heterocycles. The van der Waals surface area contributed by atoms with Gasteiger partial charge < -0.3 is 5.11 Å². The van der Waals surface area contributed by atoms with Crippen LogP contribution in [0, 0.1) is 13.8 Å². The van der Waals surface area contributed by atoms with Crippen molar-refractivity contribution in [1.29, 1.82) is 0 Å². The lowest BCUT2D eigenvalue weighted by Crippen LogP contribution is -2.00. The summed E-state index contributed by atoms with van der Waals surface area (Å²) >= 11 is 8.60. The first kappa shape index (κ1) is 13.3. The van der Waals surface area contributed by atoms with Crippen LogP contribution in [0.5, 0.6) is 0 Å². The number of benzene rings is 1. The molecule has 4 heteroatoms. The summed E-state index contributed by atoms with van der Waals surface area (Å²) < 4.78 is 2.00. The van der Waals surface area contributed by atoms with Gasteiger partial charge in [-0.25, -0.2) is 0 Å². The second-order valence-corrected chi connectivity index (χ2v) is 7.48. The molecule has 2 rings (SSSR count). The number of aliphatic hydroxyl groups excluding tert-OH is 1. The van der Waals surface area contributed by atoms with Crippen molar-refractivity contribution >= 4 is 43.2 Å². The van der Waals surface area contributed by atoms with Crippen molar-refractivity contribution < 1.29 is 5.11 Å². The van der Waals surface area contributed by atoms with Gasteiger partial charge in [0.25, 0.3) is 0 Å². The smallest absolute Gasteiger partial charge is 0.106 e. The summed E-state index contributed by atoms with van der Waals surface area (Å²) in [7, 11) is 0. The van der Waals surface area contributed by atoms with Gasteiger partial charge in [-0.05, 0) is 58.6 Å². The van der Waals surface area contributed by atoms with E-state index in [1.165, 1.54) is 5.56 Å². The number of hydrogen-bond acceptors (Lipinski definition) is 2. The predicted molar refractivity (Wildman–Crippen MR) is 79.7 cm³/mol. The molecular weight excluding hydrogens is 364 g/mol. The highest BCUT2D eigenvalue weighted by Crippen LogP contribution is 2.36. The fraction of sp³-hybridized carbons (Fsp3) is 0.231. The molecule has 1 aromatic heterocycles. The quantitative estimate of drug-likeness (QED) is 0.785. The van der Waals surface area contributed by atoms with Crippen molar-refractivity contribution in [1.82, 2.24) is 0 Å². The summed E-state index contributed by atoms with van der Waals surface area (Å²) in [5.74, 6) is 0. The van der Waals surface area contributed by atoms with Crippen molar-refractivity contribution in [2.24, 2.45) is 0 Å². The molecule has 1 atom stereocenters. The van der Waals surface area contributed by atoms with Gasteiger partial charge in [-0.15, -0.1) is 11.3 Å². The first-order chi connectivity index (χ1) is 7.99. The fourth-order valence-electron chi connectivity index (χ4n) is 1.75. The lowest BCUT2D eigenvalue weighted by molar-refractivity contribution is 0.219. The van der Waals surface area contributed by atoms with E-state index < -0.39 is 6.10 Å². The van der Waals surface area contributed by atoms with Crippen LogP contribution >= 0.6 is 43.2 Å². The number of thiophene rings is 1. The third kappa shape index (κ3) is 2.81. The first-order valence-corrected chi connectivity index (χ1v) is 7.59. The molecule has 0 amide bonds. The molecule has 1 heterocycles.